The van der Waals surface area contributed by atoms with E-state index in [1.54, 1.807) is 49.4 Å². The quantitative estimate of drug-likeness (QED) is 0.390. The number of ether oxygens (including phenoxy) is 2. The maximum absolute atomic E-state index is 13.0. The van der Waals surface area contributed by atoms with Crippen LogP contribution in [0.15, 0.2) is 63.1 Å². The third-order valence-electron chi connectivity index (χ3n) is 5.29. The largest absolute Gasteiger partial charge is 0.507 e. The van der Waals surface area contributed by atoms with Gasteiger partial charge in [0, 0.05) is 5.56 Å². The second-order valence-electron chi connectivity index (χ2n) is 7.31. The van der Waals surface area contributed by atoms with Gasteiger partial charge in [-0.3, -0.25) is 9.59 Å². The number of Topliss-reactive ketones (excluding diaryl/α,β-unsaturated/α-hetero) is 1. The fourth-order valence-corrected chi connectivity index (χ4v) is 3.86. The standard InChI is InChI=1S/C23H19NO7/c1-13-4-6-17(31-13)20-19(22(26)23(27)24(20)12-15-3-2-8-28-15)21(25)14-5-7-16-18(11-14)30-10-9-29-16/h2-8,11,20,25H,9-10,12H2,1H3/b21-19+/t20-/m0/s1. The van der Waals surface area contributed by atoms with Crippen LogP contribution in [0.3, 0.4) is 0 Å². The van der Waals surface area contributed by atoms with Crippen molar-refractivity contribution >= 4 is 17.4 Å². The molecule has 31 heavy (non-hydrogen) atoms. The van der Waals surface area contributed by atoms with Crippen LogP contribution in [-0.2, 0) is 16.1 Å². The van der Waals surface area contributed by atoms with Gasteiger partial charge in [0.05, 0.1) is 18.4 Å². The fraction of sp³-hybridized carbons (Fsp3) is 0.217. The predicted octanol–water partition coefficient (Wildman–Crippen LogP) is 3.57. The molecule has 0 saturated carbocycles. The molecule has 2 aliphatic rings. The van der Waals surface area contributed by atoms with Crippen LogP contribution < -0.4 is 9.47 Å². The molecule has 1 fully saturated rings. The van der Waals surface area contributed by atoms with E-state index in [9.17, 15) is 14.7 Å². The lowest BCUT2D eigenvalue weighted by atomic mass is 9.99. The summed E-state index contributed by atoms with van der Waals surface area (Å²) in [5.41, 5.74) is 0.288. The highest BCUT2D eigenvalue weighted by Crippen LogP contribution is 2.42. The zero-order chi connectivity index (χ0) is 21.5. The Morgan fingerprint density at radius 1 is 1.10 bits per heavy atom. The smallest absolute Gasteiger partial charge is 0.296 e. The van der Waals surface area contributed by atoms with Gasteiger partial charge in [-0.15, -0.1) is 0 Å². The molecule has 0 radical (unpaired) electrons. The predicted molar refractivity (Wildman–Crippen MR) is 107 cm³/mol. The molecule has 2 aliphatic heterocycles. The van der Waals surface area contributed by atoms with Crippen molar-refractivity contribution in [1.29, 1.82) is 0 Å². The molecule has 158 valence electrons. The Hall–Kier alpha value is -3.94. The van der Waals surface area contributed by atoms with Crippen molar-refractivity contribution < 1.29 is 33.0 Å². The number of benzene rings is 1. The van der Waals surface area contributed by atoms with E-state index >= 15 is 0 Å². The van der Waals surface area contributed by atoms with E-state index in [1.165, 1.54) is 11.2 Å². The molecular weight excluding hydrogens is 402 g/mol. The molecule has 5 rings (SSSR count). The Balaban J connectivity index is 1.62. The van der Waals surface area contributed by atoms with Crippen molar-refractivity contribution in [1.82, 2.24) is 4.90 Å². The Bertz CT molecular complexity index is 1190. The molecule has 4 heterocycles. The van der Waals surface area contributed by atoms with Crippen molar-refractivity contribution in [2.45, 2.75) is 19.5 Å². The third kappa shape index (κ3) is 3.26. The second-order valence-corrected chi connectivity index (χ2v) is 7.31. The lowest BCUT2D eigenvalue weighted by Gasteiger charge is -2.22. The molecule has 1 atom stereocenters. The number of carbonyl (C=O) groups is 2. The molecule has 0 aliphatic carbocycles. The maximum Gasteiger partial charge on any atom is 0.296 e. The van der Waals surface area contributed by atoms with Crippen molar-refractivity contribution in [2.75, 3.05) is 13.2 Å². The monoisotopic (exact) mass is 421 g/mol. The van der Waals surface area contributed by atoms with Crippen molar-refractivity contribution in [3.8, 4) is 11.5 Å². The van der Waals surface area contributed by atoms with Crippen LogP contribution >= 0.6 is 0 Å². The zero-order valence-electron chi connectivity index (χ0n) is 16.7. The highest BCUT2D eigenvalue weighted by Gasteiger charge is 2.48. The summed E-state index contributed by atoms with van der Waals surface area (Å²) in [6.07, 6.45) is 1.49. The Labute approximate surface area is 177 Å². The van der Waals surface area contributed by atoms with Gasteiger partial charge in [0.25, 0.3) is 11.7 Å². The van der Waals surface area contributed by atoms with Crippen LogP contribution in [0.2, 0.25) is 0 Å². The van der Waals surface area contributed by atoms with Crippen LogP contribution in [0.25, 0.3) is 5.76 Å². The summed E-state index contributed by atoms with van der Waals surface area (Å²) in [6, 6.07) is 10.8. The minimum atomic E-state index is -0.896. The van der Waals surface area contributed by atoms with Gasteiger partial charge < -0.3 is 28.3 Å². The number of aliphatic hydroxyl groups excluding tert-OH is 1. The van der Waals surface area contributed by atoms with Crippen LogP contribution in [0, 0.1) is 6.92 Å². The average molecular weight is 421 g/mol. The van der Waals surface area contributed by atoms with Gasteiger partial charge >= 0.3 is 0 Å². The van der Waals surface area contributed by atoms with Gasteiger partial charge in [-0.2, -0.15) is 0 Å². The first kappa shape index (κ1) is 19.0. The van der Waals surface area contributed by atoms with Gasteiger partial charge in [-0.25, -0.2) is 0 Å². The number of furan rings is 2. The summed E-state index contributed by atoms with van der Waals surface area (Å²) in [6.45, 7) is 2.65. The molecule has 0 spiro atoms. The lowest BCUT2D eigenvalue weighted by Crippen LogP contribution is -2.28. The van der Waals surface area contributed by atoms with Crippen LogP contribution in [-0.4, -0.2) is 34.9 Å². The van der Waals surface area contributed by atoms with E-state index < -0.39 is 17.7 Å². The number of aryl methyl sites for hydroxylation is 1. The number of fused-ring (bicyclic) bond motifs is 1. The van der Waals surface area contributed by atoms with E-state index in [0.29, 0.717) is 47.6 Å². The molecule has 1 saturated heterocycles. The molecule has 0 bridgehead atoms. The molecular formula is C23H19NO7. The van der Waals surface area contributed by atoms with Gasteiger partial charge in [-0.1, -0.05) is 0 Å². The Morgan fingerprint density at radius 3 is 2.61 bits per heavy atom. The number of nitrogens with zero attached hydrogens (tertiary/aromatic N) is 1. The highest BCUT2D eigenvalue weighted by atomic mass is 16.6. The van der Waals surface area contributed by atoms with E-state index in [1.807, 2.05) is 0 Å². The number of aliphatic hydroxyl groups is 1. The number of hydrogen-bond acceptors (Lipinski definition) is 7. The SMILES string of the molecule is Cc1ccc([C@H]2/C(=C(\O)c3ccc4c(c3)OCCO4)C(=O)C(=O)N2Cc2ccco2)o1. The molecule has 2 aromatic heterocycles. The molecule has 0 unspecified atom stereocenters. The minimum Gasteiger partial charge on any atom is -0.507 e. The summed E-state index contributed by atoms with van der Waals surface area (Å²) in [5.74, 6) is 0.684. The average Bonchev–Trinajstić information content (AvgIpc) is 3.50. The first-order valence-corrected chi connectivity index (χ1v) is 9.80. The molecule has 8 heteroatoms. The van der Waals surface area contributed by atoms with Crippen LogP contribution in [0.4, 0.5) is 0 Å². The number of carbonyl (C=O) groups excluding carboxylic acids is 2. The first-order valence-electron chi connectivity index (χ1n) is 9.80. The summed E-state index contributed by atoms with van der Waals surface area (Å²) >= 11 is 0. The highest BCUT2D eigenvalue weighted by molar-refractivity contribution is 6.46. The fourth-order valence-electron chi connectivity index (χ4n) is 3.86. The van der Waals surface area contributed by atoms with Gasteiger partial charge in [0.1, 0.15) is 42.3 Å². The Kier molecular flexibility index (Phi) is 4.54. The summed E-state index contributed by atoms with van der Waals surface area (Å²) < 4.78 is 22.2. The number of hydrogen-bond donors (Lipinski definition) is 1. The zero-order valence-corrected chi connectivity index (χ0v) is 16.7. The summed E-state index contributed by atoms with van der Waals surface area (Å²) in [7, 11) is 0. The van der Waals surface area contributed by atoms with E-state index in [2.05, 4.69) is 0 Å². The van der Waals surface area contributed by atoms with Crippen LogP contribution in [0.5, 0.6) is 11.5 Å². The molecule has 1 aromatic carbocycles. The molecule has 8 nitrogen and oxygen atoms in total. The topological polar surface area (TPSA) is 102 Å². The minimum absolute atomic E-state index is 0.0532. The van der Waals surface area contributed by atoms with E-state index in [4.69, 9.17) is 18.3 Å². The number of ketones is 1. The van der Waals surface area contributed by atoms with Gasteiger partial charge in [0.2, 0.25) is 0 Å². The summed E-state index contributed by atoms with van der Waals surface area (Å²) in [5, 5.41) is 11.1. The Morgan fingerprint density at radius 2 is 1.90 bits per heavy atom. The van der Waals surface area contributed by atoms with Crippen LogP contribution in [0.1, 0.15) is 28.9 Å². The second kappa shape index (κ2) is 7.39. The number of rotatable bonds is 4. The molecule has 1 amide bonds. The third-order valence-corrected chi connectivity index (χ3v) is 5.29. The normalized spacial score (nSPS) is 19.8. The number of amides is 1. The summed E-state index contributed by atoms with van der Waals surface area (Å²) in [4.78, 5) is 27.2. The van der Waals surface area contributed by atoms with Gasteiger partial charge in [0.15, 0.2) is 11.5 Å². The maximum atomic E-state index is 13.0. The van der Waals surface area contributed by atoms with E-state index in [0.717, 1.165) is 0 Å². The van der Waals surface area contributed by atoms with Crippen molar-refractivity contribution in [2.24, 2.45) is 0 Å². The van der Waals surface area contributed by atoms with E-state index in [-0.39, 0.29) is 17.9 Å². The molecule has 1 N–H and O–H groups in total. The van der Waals surface area contributed by atoms with Gasteiger partial charge in [-0.05, 0) is 49.4 Å². The van der Waals surface area contributed by atoms with Crippen molar-refractivity contribution in [3.05, 3.63) is 77.1 Å². The van der Waals surface area contributed by atoms with Crippen molar-refractivity contribution in [3.63, 3.8) is 0 Å². The number of likely N-dealkylation sites (tertiary alicyclic amines) is 1. The lowest BCUT2D eigenvalue weighted by molar-refractivity contribution is -0.140. The molecule has 3 aromatic rings. The first-order chi connectivity index (χ1) is 15.0.